The van der Waals surface area contributed by atoms with Crippen LogP contribution in [0.25, 0.3) is 22.4 Å². The van der Waals surface area contributed by atoms with E-state index in [-0.39, 0.29) is 17.7 Å². The van der Waals surface area contributed by atoms with Crippen LogP contribution in [0.5, 0.6) is 0 Å². The normalized spacial score (nSPS) is 16.7. The molecule has 1 aromatic carbocycles. The predicted molar refractivity (Wildman–Crippen MR) is 144 cm³/mol. The Morgan fingerprint density at radius 1 is 1.03 bits per heavy atom. The molecule has 0 spiro atoms. The molecule has 0 unspecified atom stereocenters. The fraction of sp³-hybridized carbons (Fsp3) is 0.333. The molecule has 11 nitrogen and oxygen atoms in total. The number of fused-ring (bicyclic) bond motifs is 1. The van der Waals surface area contributed by atoms with E-state index in [0.717, 1.165) is 11.3 Å². The number of carbonyl (C=O) groups excluding carboxylic acids is 1. The van der Waals surface area contributed by atoms with Gasteiger partial charge in [0.2, 0.25) is 0 Å². The monoisotopic (exact) mass is 515 g/mol. The summed E-state index contributed by atoms with van der Waals surface area (Å²) in [5, 5.41) is 13.1. The third-order valence-electron chi connectivity index (χ3n) is 6.89. The number of hydrogen-bond acceptors (Lipinski definition) is 10. The zero-order valence-corrected chi connectivity index (χ0v) is 20.8. The Morgan fingerprint density at radius 3 is 2.61 bits per heavy atom. The molecule has 196 valence electrons. The first kappa shape index (κ1) is 24.1. The summed E-state index contributed by atoms with van der Waals surface area (Å²) >= 11 is 0. The van der Waals surface area contributed by atoms with Gasteiger partial charge >= 0.3 is 0 Å². The van der Waals surface area contributed by atoms with Crippen LogP contribution in [0.4, 0.5) is 23.2 Å². The van der Waals surface area contributed by atoms with E-state index >= 15 is 0 Å². The van der Waals surface area contributed by atoms with Gasteiger partial charge in [-0.25, -0.2) is 9.97 Å². The van der Waals surface area contributed by atoms with Gasteiger partial charge in [-0.1, -0.05) is 6.07 Å². The Morgan fingerprint density at radius 2 is 1.84 bits per heavy atom. The summed E-state index contributed by atoms with van der Waals surface area (Å²) in [6.45, 7) is 4.00. The molecule has 0 atom stereocenters. The second kappa shape index (κ2) is 10.3. The van der Waals surface area contributed by atoms with Crippen LogP contribution < -0.4 is 20.9 Å². The number of hydrogen-bond donors (Lipinski definition) is 3. The van der Waals surface area contributed by atoms with E-state index in [1.165, 1.54) is 0 Å². The molecule has 38 heavy (non-hydrogen) atoms. The maximum atomic E-state index is 13.4. The van der Waals surface area contributed by atoms with Crippen molar-refractivity contribution in [3.05, 3.63) is 54.4 Å². The molecular weight excluding hydrogens is 486 g/mol. The van der Waals surface area contributed by atoms with Gasteiger partial charge in [-0.3, -0.25) is 4.79 Å². The van der Waals surface area contributed by atoms with Gasteiger partial charge < -0.3 is 35.1 Å². The number of amides is 1. The first-order chi connectivity index (χ1) is 18.5. The standard InChI is InChI=1S/C27H29N7O4/c28-25-5-4-17(16-29-25)19-2-1-3-20(30-19)26(36)31-21-15-24-22(14-23(21)33-8-6-18(35)7-9-33)32-27(38-24)34-10-12-37-13-11-34/h1-5,14-16,18,35H,6-13H2,(H2,28,29)(H,31,36). The molecule has 2 fully saturated rings. The number of carbonyl (C=O) groups is 1. The first-order valence-corrected chi connectivity index (χ1v) is 12.7. The highest BCUT2D eigenvalue weighted by Gasteiger charge is 2.24. The summed E-state index contributed by atoms with van der Waals surface area (Å²) in [6.07, 6.45) is 2.62. The number of aromatic nitrogens is 3. The van der Waals surface area contributed by atoms with Crippen LogP contribution in [0.15, 0.2) is 53.1 Å². The van der Waals surface area contributed by atoms with E-state index in [9.17, 15) is 9.90 Å². The van der Waals surface area contributed by atoms with Crippen LogP contribution in [0.2, 0.25) is 0 Å². The van der Waals surface area contributed by atoms with Gasteiger partial charge in [0.05, 0.1) is 36.4 Å². The maximum Gasteiger partial charge on any atom is 0.298 e. The number of oxazole rings is 1. The highest BCUT2D eigenvalue weighted by atomic mass is 16.5. The van der Waals surface area contributed by atoms with Crippen molar-refractivity contribution in [2.45, 2.75) is 18.9 Å². The van der Waals surface area contributed by atoms with Gasteiger partial charge in [0.25, 0.3) is 11.9 Å². The Balaban J connectivity index is 1.32. The Hall–Kier alpha value is -4.22. The Bertz CT molecular complexity index is 1440. The largest absolute Gasteiger partial charge is 0.423 e. The van der Waals surface area contributed by atoms with E-state index in [4.69, 9.17) is 19.9 Å². The summed E-state index contributed by atoms with van der Waals surface area (Å²) in [5.41, 5.74) is 10.1. The van der Waals surface area contributed by atoms with Crippen molar-refractivity contribution in [3.63, 3.8) is 0 Å². The average molecular weight is 516 g/mol. The molecule has 6 rings (SSSR count). The number of aliphatic hydroxyl groups is 1. The minimum Gasteiger partial charge on any atom is -0.423 e. The summed E-state index contributed by atoms with van der Waals surface area (Å²) < 4.78 is 11.5. The number of ether oxygens (including phenoxy) is 1. The number of nitrogen functional groups attached to an aromatic ring is 1. The molecule has 5 heterocycles. The highest BCUT2D eigenvalue weighted by molar-refractivity contribution is 6.06. The van der Waals surface area contributed by atoms with Crippen LogP contribution in [0.1, 0.15) is 23.3 Å². The number of anilines is 4. The number of piperidine rings is 1. The molecule has 2 aliphatic rings. The van der Waals surface area contributed by atoms with Gasteiger partial charge in [0, 0.05) is 44.0 Å². The molecule has 1 amide bonds. The van der Waals surface area contributed by atoms with Crippen molar-refractivity contribution in [2.24, 2.45) is 0 Å². The van der Waals surface area contributed by atoms with Crippen molar-refractivity contribution in [1.29, 1.82) is 0 Å². The fourth-order valence-corrected chi connectivity index (χ4v) is 4.77. The molecule has 4 aromatic rings. The van der Waals surface area contributed by atoms with Crippen molar-refractivity contribution in [2.75, 3.05) is 60.2 Å². The summed E-state index contributed by atoms with van der Waals surface area (Å²) in [6, 6.07) is 13.1. The van der Waals surface area contributed by atoms with Gasteiger partial charge in [-0.15, -0.1) is 0 Å². The van der Waals surface area contributed by atoms with Crippen LogP contribution in [-0.4, -0.2) is 71.5 Å². The number of morpholine rings is 1. The topological polar surface area (TPSA) is 143 Å². The minimum atomic E-state index is -0.346. The molecule has 2 saturated heterocycles. The Kier molecular flexibility index (Phi) is 6.52. The minimum absolute atomic E-state index is 0.269. The number of nitrogens with two attached hydrogens (primary N) is 1. The number of benzene rings is 1. The maximum absolute atomic E-state index is 13.4. The van der Waals surface area contributed by atoms with E-state index in [1.54, 1.807) is 24.4 Å². The lowest BCUT2D eigenvalue weighted by atomic mass is 10.1. The molecule has 0 radical (unpaired) electrons. The molecule has 0 bridgehead atoms. The highest BCUT2D eigenvalue weighted by Crippen LogP contribution is 2.35. The lowest BCUT2D eigenvalue weighted by Crippen LogP contribution is -2.36. The van der Waals surface area contributed by atoms with E-state index in [1.807, 2.05) is 24.3 Å². The quantitative estimate of drug-likeness (QED) is 0.363. The molecule has 11 heteroatoms. The summed E-state index contributed by atoms with van der Waals surface area (Å²) in [7, 11) is 0. The smallest absolute Gasteiger partial charge is 0.298 e. The van der Waals surface area contributed by atoms with Crippen LogP contribution in [-0.2, 0) is 4.74 Å². The zero-order chi connectivity index (χ0) is 26.1. The number of rotatable bonds is 5. The van der Waals surface area contributed by atoms with Gasteiger partial charge in [0.1, 0.15) is 17.0 Å². The molecular formula is C27H29N7O4. The molecule has 3 aromatic heterocycles. The van der Waals surface area contributed by atoms with E-state index in [2.05, 4.69) is 25.1 Å². The first-order valence-electron chi connectivity index (χ1n) is 12.7. The second-order valence-electron chi connectivity index (χ2n) is 9.49. The summed E-state index contributed by atoms with van der Waals surface area (Å²) in [5.74, 6) is 0.0702. The summed E-state index contributed by atoms with van der Waals surface area (Å²) in [4.78, 5) is 31.0. The Labute approximate surface area is 219 Å². The average Bonchev–Trinajstić information content (AvgIpc) is 3.37. The third kappa shape index (κ3) is 4.98. The van der Waals surface area contributed by atoms with E-state index in [0.29, 0.717) is 86.5 Å². The van der Waals surface area contributed by atoms with Crippen molar-refractivity contribution >= 4 is 40.2 Å². The SMILES string of the molecule is Nc1ccc(-c2cccc(C(=O)Nc3cc4oc(N5CCOCC5)nc4cc3N3CCC(O)CC3)n2)cn1. The number of aliphatic hydroxyl groups excluding tert-OH is 1. The van der Waals surface area contributed by atoms with Crippen molar-refractivity contribution < 1.29 is 19.1 Å². The molecule has 2 aliphatic heterocycles. The second-order valence-corrected chi connectivity index (χ2v) is 9.49. The number of pyridine rings is 2. The van der Waals surface area contributed by atoms with Crippen LogP contribution >= 0.6 is 0 Å². The molecule has 0 saturated carbocycles. The van der Waals surface area contributed by atoms with Crippen LogP contribution in [0, 0.1) is 0 Å². The number of nitrogens with one attached hydrogen (secondary N) is 1. The lowest BCUT2D eigenvalue weighted by Gasteiger charge is -2.32. The molecule has 0 aliphatic carbocycles. The van der Waals surface area contributed by atoms with Gasteiger partial charge in [-0.05, 0) is 43.2 Å². The van der Waals surface area contributed by atoms with E-state index < -0.39 is 0 Å². The van der Waals surface area contributed by atoms with Crippen molar-refractivity contribution in [1.82, 2.24) is 15.0 Å². The lowest BCUT2D eigenvalue weighted by molar-refractivity contribution is 0.102. The molecule has 4 N–H and O–H groups in total. The van der Waals surface area contributed by atoms with Crippen molar-refractivity contribution in [3.8, 4) is 11.3 Å². The zero-order valence-electron chi connectivity index (χ0n) is 20.8. The fourth-order valence-electron chi connectivity index (χ4n) is 4.77. The number of nitrogens with zero attached hydrogens (tertiary/aromatic N) is 5. The van der Waals surface area contributed by atoms with Gasteiger partial charge in [-0.2, -0.15) is 4.98 Å². The van der Waals surface area contributed by atoms with Gasteiger partial charge in [0.15, 0.2) is 5.58 Å². The predicted octanol–water partition coefficient (Wildman–Crippen LogP) is 2.92. The van der Waals surface area contributed by atoms with Crippen LogP contribution in [0.3, 0.4) is 0 Å². The third-order valence-corrected chi connectivity index (χ3v) is 6.89.